The molecule has 0 bridgehead atoms. The Labute approximate surface area is 181 Å². The standard InChI is InChI=1S/C25H36O5/c1-14(2)20-22(29-15(3)26)21(27)18-12-17-16-13-28-23(4,5)30-19(16)8-9-24(17,6)10-11-25(18,20)7/h12,14,19-20,22H,8-11,13H2,1-7H3/t19-,20+,22?,24+,25+/m1/s1/i22D. The molecular formula is C25H36O5. The fourth-order valence-electron chi connectivity index (χ4n) is 6.27. The van der Waals surface area contributed by atoms with E-state index in [0.29, 0.717) is 12.2 Å². The van der Waals surface area contributed by atoms with Crippen molar-refractivity contribution in [3.63, 3.8) is 0 Å². The van der Waals surface area contributed by atoms with Gasteiger partial charge < -0.3 is 14.2 Å². The average Bonchev–Trinajstić information content (AvgIpc) is 2.71. The number of allylic oxidation sites excluding steroid dienone is 2. The maximum Gasteiger partial charge on any atom is 0.303 e. The fourth-order valence-corrected chi connectivity index (χ4v) is 6.27. The van der Waals surface area contributed by atoms with Gasteiger partial charge in [0.2, 0.25) is 0 Å². The zero-order chi connectivity index (χ0) is 23.0. The number of Topliss-reactive ketones (excluding diaryl/α,β-unsaturated/α-hetero) is 1. The molecule has 1 unspecified atom stereocenters. The molecule has 166 valence electrons. The van der Waals surface area contributed by atoms with Gasteiger partial charge in [-0.05, 0) is 62.0 Å². The molecule has 5 heteroatoms. The number of fused-ring (bicyclic) bond motifs is 3. The summed E-state index contributed by atoms with van der Waals surface area (Å²) in [6, 6.07) is 0. The first kappa shape index (κ1) is 20.4. The second kappa shape index (κ2) is 7.03. The van der Waals surface area contributed by atoms with Crippen LogP contribution in [0.2, 0.25) is 0 Å². The fraction of sp³-hybridized carbons (Fsp3) is 0.760. The van der Waals surface area contributed by atoms with E-state index in [1.54, 1.807) is 0 Å². The monoisotopic (exact) mass is 417 g/mol. The van der Waals surface area contributed by atoms with E-state index in [1.165, 1.54) is 6.92 Å². The van der Waals surface area contributed by atoms with Gasteiger partial charge in [0.15, 0.2) is 17.7 Å². The van der Waals surface area contributed by atoms with Gasteiger partial charge in [-0.1, -0.05) is 33.8 Å². The molecule has 0 spiro atoms. The van der Waals surface area contributed by atoms with Gasteiger partial charge in [-0.25, -0.2) is 0 Å². The molecule has 5 atom stereocenters. The summed E-state index contributed by atoms with van der Waals surface area (Å²) < 4.78 is 26.7. The van der Waals surface area contributed by atoms with Crippen molar-refractivity contribution in [2.45, 2.75) is 92.1 Å². The number of carbonyl (C=O) groups excluding carboxylic acids is 2. The minimum Gasteiger partial charge on any atom is -0.454 e. The van der Waals surface area contributed by atoms with Gasteiger partial charge in [0, 0.05) is 23.8 Å². The van der Waals surface area contributed by atoms with E-state index in [9.17, 15) is 9.59 Å². The molecule has 1 saturated heterocycles. The number of ether oxygens (including phenoxy) is 3. The summed E-state index contributed by atoms with van der Waals surface area (Å²) in [5.41, 5.74) is 2.28. The molecule has 4 rings (SSSR count). The van der Waals surface area contributed by atoms with Crippen LogP contribution in [0.3, 0.4) is 0 Å². The first-order valence-electron chi connectivity index (χ1n) is 11.8. The predicted octanol–water partition coefficient (Wildman–Crippen LogP) is 4.75. The molecule has 0 radical (unpaired) electrons. The third-order valence-electron chi connectivity index (χ3n) is 7.80. The number of rotatable bonds is 2. The highest BCUT2D eigenvalue weighted by atomic mass is 16.7. The third kappa shape index (κ3) is 3.29. The first-order chi connectivity index (χ1) is 14.2. The van der Waals surface area contributed by atoms with Crippen molar-refractivity contribution in [2.75, 3.05) is 6.61 Å². The summed E-state index contributed by atoms with van der Waals surface area (Å²) in [4.78, 5) is 25.6. The number of hydrogen-bond donors (Lipinski definition) is 0. The highest BCUT2D eigenvalue weighted by molar-refractivity contribution is 6.04. The zero-order valence-electron chi connectivity index (χ0n) is 20.4. The van der Waals surface area contributed by atoms with Crippen molar-refractivity contribution >= 4 is 11.8 Å². The summed E-state index contributed by atoms with van der Waals surface area (Å²) >= 11 is 0. The van der Waals surface area contributed by atoms with E-state index in [1.807, 2.05) is 33.8 Å². The molecule has 0 N–H and O–H groups in total. The topological polar surface area (TPSA) is 61.8 Å². The summed E-state index contributed by atoms with van der Waals surface area (Å²) in [6.45, 7) is 14.0. The van der Waals surface area contributed by atoms with Gasteiger partial charge >= 0.3 is 5.97 Å². The highest BCUT2D eigenvalue weighted by Crippen LogP contribution is 2.59. The van der Waals surface area contributed by atoms with Crippen molar-refractivity contribution in [1.29, 1.82) is 0 Å². The van der Waals surface area contributed by atoms with Gasteiger partial charge in [0.25, 0.3) is 0 Å². The molecule has 3 aliphatic carbocycles. The van der Waals surface area contributed by atoms with Crippen LogP contribution in [0.5, 0.6) is 0 Å². The Hall–Kier alpha value is -1.46. The van der Waals surface area contributed by atoms with E-state index in [0.717, 1.165) is 36.8 Å². The number of carbonyl (C=O) groups is 2. The molecule has 4 aliphatic rings. The molecule has 2 fully saturated rings. The van der Waals surface area contributed by atoms with E-state index in [-0.39, 0.29) is 23.2 Å². The molecule has 0 amide bonds. The Balaban J connectivity index is 1.89. The Bertz CT molecular complexity index is 886. The van der Waals surface area contributed by atoms with E-state index >= 15 is 0 Å². The van der Waals surface area contributed by atoms with E-state index < -0.39 is 29.2 Å². The molecule has 1 saturated carbocycles. The van der Waals surface area contributed by atoms with Crippen LogP contribution >= 0.6 is 0 Å². The molecule has 0 aromatic heterocycles. The van der Waals surface area contributed by atoms with Crippen molar-refractivity contribution in [1.82, 2.24) is 0 Å². The molecule has 0 aromatic carbocycles. The predicted molar refractivity (Wildman–Crippen MR) is 114 cm³/mol. The number of hydrogen-bond acceptors (Lipinski definition) is 5. The Morgan fingerprint density at radius 3 is 2.57 bits per heavy atom. The Morgan fingerprint density at radius 1 is 1.23 bits per heavy atom. The van der Waals surface area contributed by atoms with Crippen molar-refractivity contribution in [2.24, 2.45) is 22.7 Å². The van der Waals surface area contributed by atoms with Crippen molar-refractivity contribution < 1.29 is 25.2 Å². The van der Waals surface area contributed by atoms with Crippen LogP contribution in [0.25, 0.3) is 0 Å². The van der Waals surface area contributed by atoms with Crippen LogP contribution in [0, 0.1) is 22.7 Å². The lowest BCUT2D eigenvalue weighted by Crippen LogP contribution is -2.45. The smallest absolute Gasteiger partial charge is 0.303 e. The second-order valence-electron chi connectivity index (χ2n) is 10.8. The largest absolute Gasteiger partial charge is 0.454 e. The maximum absolute atomic E-state index is 13.7. The van der Waals surface area contributed by atoms with Crippen LogP contribution in [-0.2, 0) is 23.8 Å². The first-order valence-corrected chi connectivity index (χ1v) is 11.3. The SMILES string of the molecule is [2H]C1(OC(C)=O)C(=O)C2=CC3=C4COC(C)(C)O[C@@H]4CC[C@@]3(C)CC[C@]2(C)[C@H]1C(C)C. The van der Waals surface area contributed by atoms with Crippen LogP contribution in [0.15, 0.2) is 22.8 Å². The second-order valence-corrected chi connectivity index (χ2v) is 10.8. The summed E-state index contributed by atoms with van der Waals surface area (Å²) in [7, 11) is 0. The lowest BCUT2D eigenvalue weighted by Gasteiger charge is -2.46. The quantitative estimate of drug-likeness (QED) is 0.607. The van der Waals surface area contributed by atoms with Crippen molar-refractivity contribution in [3.05, 3.63) is 22.8 Å². The molecule has 0 aromatic rings. The molecular weight excluding hydrogens is 380 g/mol. The number of ketones is 1. The van der Waals surface area contributed by atoms with Gasteiger partial charge in [-0.15, -0.1) is 0 Å². The minimum absolute atomic E-state index is 0.0113. The summed E-state index contributed by atoms with van der Waals surface area (Å²) in [6.07, 6.45) is 3.75. The van der Waals surface area contributed by atoms with Gasteiger partial charge in [-0.3, -0.25) is 9.59 Å². The van der Waals surface area contributed by atoms with Crippen LogP contribution in [0.4, 0.5) is 0 Å². The Morgan fingerprint density at radius 2 is 1.93 bits per heavy atom. The lowest BCUT2D eigenvalue weighted by molar-refractivity contribution is -0.255. The van der Waals surface area contributed by atoms with E-state index in [2.05, 4.69) is 13.8 Å². The van der Waals surface area contributed by atoms with Gasteiger partial charge in [0.05, 0.1) is 14.1 Å². The maximum atomic E-state index is 13.7. The minimum atomic E-state index is -1.88. The number of esters is 1. The molecule has 5 nitrogen and oxygen atoms in total. The molecule has 1 heterocycles. The third-order valence-corrected chi connectivity index (χ3v) is 7.80. The zero-order valence-corrected chi connectivity index (χ0v) is 19.4. The Kier molecular flexibility index (Phi) is 4.79. The highest BCUT2D eigenvalue weighted by Gasteiger charge is 2.59. The van der Waals surface area contributed by atoms with Gasteiger partial charge in [0.1, 0.15) is 0 Å². The van der Waals surface area contributed by atoms with Crippen molar-refractivity contribution in [3.8, 4) is 0 Å². The summed E-state index contributed by atoms with van der Waals surface area (Å²) in [5, 5.41) is 0. The van der Waals surface area contributed by atoms with Crippen LogP contribution in [0.1, 0.15) is 75.5 Å². The van der Waals surface area contributed by atoms with E-state index in [4.69, 9.17) is 15.6 Å². The molecule has 30 heavy (non-hydrogen) atoms. The van der Waals surface area contributed by atoms with Crippen LogP contribution < -0.4 is 0 Å². The summed E-state index contributed by atoms with van der Waals surface area (Å²) in [5.74, 6) is -1.97. The van der Waals surface area contributed by atoms with Crippen LogP contribution in [-0.4, -0.2) is 36.3 Å². The average molecular weight is 418 g/mol. The lowest BCUT2D eigenvalue weighted by atomic mass is 9.65. The van der Waals surface area contributed by atoms with Gasteiger partial charge in [-0.2, -0.15) is 0 Å². The normalized spacial score (nSPS) is 43.3. The molecule has 1 aliphatic heterocycles.